The van der Waals surface area contributed by atoms with Crippen molar-refractivity contribution in [3.8, 4) is 11.5 Å². The molecule has 51 heavy (non-hydrogen) atoms. The zero-order valence-electron chi connectivity index (χ0n) is 29.3. The first-order chi connectivity index (χ1) is 24.3. The first-order valence-electron chi connectivity index (χ1n) is 16.5. The Hall–Kier alpha value is -4.56. The summed E-state index contributed by atoms with van der Waals surface area (Å²) in [6.07, 6.45) is 4.36. The second kappa shape index (κ2) is 16.2. The molecule has 4 aromatic rings. The van der Waals surface area contributed by atoms with Crippen LogP contribution in [0.25, 0.3) is 10.9 Å². The predicted molar refractivity (Wildman–Crippen MR) is 198 cm³/mol. The summed E-state index contributed by atoms with van der Waals surface area (Å²) in [6, 6.07) is 9.80. The number of hydrogen-bond donors (Lipinski definition) is 4. The van der Waals surface area contributed by atoms with Gasteiger partial charge in [-0.2, -0.15) is 0 Å². The maximum Gasteiger partial charge on any atom is 0.257 e. The molecule has 4 N–H and O–H groups in total. The minimum atomic E-state index is -1.07. The number of methoxy groups -OCH3 is 1. The molecule has 3 atom stereocenters. The Morgan fingerprint density at radius 2 is 1.82 bits per heavy atom. The Morgan fingerprint density at radius 1 is 1.08 bits per heavy atom. The third kappa shape index (κ3) is 8.67. The lowest BCUT2D eigenvalue weighted by Gasteiger charge is -2.36. The lowest BCUT2D eigenvalue weighted by molar-refractivity contribution is -0.134. The van der Waals surface area contributed by atoms with Crippen molar-refractivity contribution in [2.75, 3.05) is 30.9 Å². The predicted octanol–water partition coefficient (Wildman–Crippen LogP) is 5.41. The van der Waals surface area contributed by atoms with Crippen LogP contribution in [0.3, 0.4) is 0 Å². The summed E-state index contributed by atoms with van der Waals surface area (Å²) in [4.78, 5) is 56.3. The van der Waals surface area contributed by atoms with E-state index < -0.39 is 35.4 Å². The normalized spacial score (nSPS) is 15.6. The maximum atomic E-state index is 14.7. The van der Waals surface area contributed by atoms with E-state index in [1.165, 1.54) is 13.4 Å². The molecule has 0 saturated carbocycles. The highest BCUT2D eigenvalue weighted by Gasteiger charge is 2.42. The van der Waals surface area contributed by atoms with Crippen molar-refractivity contribution >= 4 is 69.0 Å². The molecule has 5 rings (SSSR count). The lowest BCUT2D eigenvalue weighted by Crippen LogP contribution is -2.60. The Balaban J connectivity index is 1.56. The van der Waals surface area contributed by atoms with Gasteiger partial charge in [0.05, 0.1) is 46.1 Å². The molecular weight excluding hydrogens is 695 g/mol. The highest BCUT2D eigenvalue weighted by atomic mass is 35.5. The number of aromatic nitrogens is 3. The topological polar surface area (TPSA) is 160 Å². The third-order valence-electron chi connectivity index (χ3n) is 8.55. The molecule has 2 aromatic heterocycles. The van der Waals surface area contributed by atoms with Gasteiger partial charge in [0.2, 0.25) is 5.91 Å². The molecule has 270 valence electrons. The van der Waals surface area contributed by atoms with Crippen LogP contribution in [-0.4, -0.2) is 71.5 Å². The Kier molecular flexibility index (Phi) is 12.0. The zero-order chi connectivity index (χ0) is 36.9. The minimum absolute atomic E-state index is 0.172. The third-order valence-corrected chi connectivity index (χ3v) is 9.11. The largest absolute Gasteiger partial charge is 0.494 e. The molecule has 3 amide bonds. The van der Waals surface area contributed by atoms with E-state index in [-0.39, 0.29) is 34.0 Å². The summed E-state index contributed by atoms with van der Waals surface area (Å²) in [7, 11) is 3.10. The highest BCUT2D eigenvalue weighted by molar-refractivity contribution is 6.37. The number of rotatable bonds is 12. The summed E-state index contributed by atoms with van der Waals surface area (Å²) in [5, 5.41) is 13.2. The van der Waals surface area contributed by atoms with Crippen LogP contribution >= 0.6 is 23.2 Å². The van der Waals surface area contributed by atoms with Crippen molar-refractivity contribution in [3.05, 3.63) is 70.7 Å². The fraction of sp³-hybridized carbons (Fsp3) is 0.389. The molecule has 0 spiro atoms. The van der Waals surface area contributed by atoms with Crippen molar-refractivity contribution in [1.29, 1.82) is 0 Å². The molecule has 0 radical (unpaired) electrons. The average molecular weight is 738 g/mol. The van der Waals surface area contributed by atoms with Crippen LogP contribution in [0.1, 0.15) is 46.2 Å². The Morgan fingerprint density at radius 3 is 2.43 bits per heavy atom. The van der Waals surface area contributed by atoms with E-state index in [1.54, 1.807) is 44.4 Å². The molecule has 0 bridgehead atoms. The molecule has 3 heterocycles. The number of pyridine rings is 1. The SMILES string of the molecule is CN[C@@H](C)C(=O)N[C@H](C(=O)N(C(=O)[C@@H]1CCCN1)c1cc2c(Nc3cc(Cl)c(OCc4ccccn4)c(Cl)c3)ncnc2cc1OC)C(C)(C)C. The zero-order valence-corrected chi connectivity index (χ0v) is 30.9. The van der Waals surface area contributed by atoms with Crippen LogP contribution in [0.2, 0.25) is 10.0 Å². The first kappa shape index (κ1) is 37.7. The summed E-state index contributed by atoms with van der Waals surface area (Å²) in [5.74, 6) is -0.580. The van der Waals surface area contributed by atoms with Gasteiger partial charge in [-0.1, -0.05) is 50.0 Å². The van der Waals surface area contributed by atoms with Crippen molar-refractivity contribution < 1.29 is 23.9 Å². The fourth-order valence-corrected chi connectivity index (χ4v) is 6.22. The number of amides is 3. The summed E-state index contributed by atoms with van der Waals surface area (Å²) in [6.45, 7) is 7.98. The van der Waals surface area contributed by atoms with E-state index in [0.29, 0.717) is 46.8 Å². The average Bonchev–Trinajstić information content (AvgIpc) is 3.65. The molecule has 1 aliphatic heterocycles. The van der Waals surface area contributed by atoms with E-state index in [0.717, 1.165) is 11.3 Å². The van der Waals surface area contributed by atoms with Crippen LogP contribution < -0.4 is 35.6 Å². The summed E-state index contributed by atoms with van der Waals surface area (Å²) >= 11 is 13.2. The van der Waals surface area contributed by atoms with Crippen molar-refractivity contribution in [2.45, 2.75) is 65.3 Å². The van der Waals surface area contributed by atoms with Gasteiger partial charge >= 0.3 is 0 Å². The van der Waals surface area contributed by atoms with Crippen molar-refractivity contribution in [2.24, 2.45) is 5.41 Å². The van der Waals surface area contributed by atoms with Crippen LogP contribution in [-0.2, 0) is 21.0 Å². The van der Waals surface area contributed by atoms with Gasteiger partial charge in [-0.15, -0.1) is 0 Å². The lowest BCUT2D eigenvalue weighted by atomic mass is 9.85. The minimum Gasteiger partial charge on any atom is -0.494 e. The monoisotopic (exact) mass is 736 g/mol. The van der Waals surface area contributed by atoms with Gasteiger partial charge in [0, 0.05) is 23.3 Å². The van der Waals surface area contributed by atoms with Crippen molar-refractivity contribution in [3.63, 3.8) is 0 Å². The molecule has 1 fully saturated rings. The summed E-state index contributed by atoms with van der Waals surface area (Å²) < 4.78 is 11.6. The van der Waals surface area contributed by atoms with Gasteiger partial charge < -0.3 is 30.7 Å². The number of likely N-dealkylation sites (N-methyl/N-ethyl adjacent to an activating group) is 1. The van der Waals surface area contributed by atoms with Crippen LogP contribution in [0.5, 0.6) is 11.5 Å². The molecular formula is C36H42Cl2N8O5. The molecule has 1 saturated heterocycles. The number of carbonyl (C=O) groups is 3. The number of anilines is 3. The van der Waals surface area contributed by atoms with E-state index in [1.807, 2.05) is 39.0 Å². The molecule has 0 unspecified atom stereocenters. The number of benzene rings is 2. The van der Waals surface area contributed by atoms with Crippen LogP contribution in [0, 0.1) is 5.41 Å². The number of nitrogens with zero attached hydrogens (tertiary/aromatic N) is 4. The standard InChI is InChI=1S/C36H42Cl2N8O5/c1-20(39-5)33(47)45-31(36(2,3)4)35(49)46(34(48)26-11-9-13-41-26)28-16-23-27(17-29(28)50-6)42-19-43-32(23)44-22-14-24(37)30(25(38)15-22)51-18-21-10-7-8-12-40-21/h7-8,10,12,14-17,19-20,26,31,39,41H,9,11,13,18H2,1-6H3,(H,45,47)(H,42,43,44)/t20-,26-,31+/m0/s1. The molecule has 1 aliphatic rings. The van der Waals surface area contributed by atoms with E-state index in [2.05, 4.69) is 36.2 Å². The highest BCUT2D eigenvalue weighted by Crippen LogP contribution is 2.40. The fourth-order valence-electron chi connectivity index (χ4n) is 5.62. The van der Waals surface area contributed by atoms with E-state index in [9.17, 15) is 14.4 Å². The number of ether oxygens (including phenoxy) is 2. The second-order valence-electron chi connectivity index (χ2n) is 13.2. The number of carbonyl (C=O) groups excluding carboxylic acids is 3. The second-order valence-corrected chi connectivity index (χ2v) is 14.1. The molecule has 0 aliphatic carbocycles. The number of nitrogens with one attached hydrogen (secondary N) is 4. The molecule has 15 heteroatoms. The molecule has 2 aromatic carbocycles. The van der Waals surface area contributed by atoms with Crippen LogP contribution in [0.15, 0.2) is 55.0 Å². The molecule has 13 nitrogen and oxygen atoms in total. The number of halogens is 2. The van der Waals surface area contributed by atoms with E-state index >= 15 is 0 Å². The van der Waals surface area contributed by atoms with Gasteiger partial charge in [-0.25, -0.2) is 14.9 Å². The maximum absolute atomic E-state index is 14.7. The van der Waals surface area contributed by atoms with Gasteiger partial charge in [0.15, 0.2) is 5.75 Å². The number of fused-ring (bicyclic) bond motifs is 1. The van der Waals surface area contributed by atoms with Gasteiger partial charge in [0.25, 0.3) is 11.8 Å². The quantitative estimate of drug-likeness (QED) is 0.147. The van der Waals surface area contributed by atoms with Gasteiger partial charge in [-0.05, 0) is 69.1 Å². The smallest absolute Gasteiger partial charge is 0.257 e. The Labute approximate surface area is 306 Å². The van der Waals surface area contributed by atoms with E-state index in [4.69, 9.17) is 32.7 Å². The van der Waals surface area contributed by atoms with Gasteiger partial charge in [0.1, 0.15) is 30.5 Å². The Bertz CT molecular complexity index is 1880. The first-order valence-corrected chi connectivity index (χ1v) is 17.3. The number of imide groups is 1. The summed E-state index contributed by atoms with van der Waals surface area (Å²) in [5.41, 5.74) is 1.09. The van der Waals surface area contributed by atoms with Crippen LogP contribution in [0.4, 0.5) is 17.2 Å². The van der Waals surface area contributed by atoms with Crippen molar-refractivity contribution in [1.82, 2.24) is 30.9 Å². The number of hydrogen-bond acceptors (Lipinski definition) is 11. The van der Waals surface area contributed by atoms with Gasteiger partial charge in [-0.3, -0.25) is 19.4 Å².